The molecule has 2 rings (SSSR count). The van der Waals surface area contributed by atoms with Gasteiger partial charge in [0, 0.05) is 5.69 Å². The summed E-state index contributed by atoms with van der Waals surface area (Å²) in [5.74, 6) is 0.153. The fourth-order valence-corrected chi connectivity index (χ4v) is 2.41. The molecule has 0 unspecified atom stereocenters. The lowest BCUT2D eigenvalue weighted by atomic mass is 10.1. The summed E-state index contributed by atoms with van der Waals surface area (Å²) in [6.07, 6.45) is 0.710. The molecule has 4 nitrogen and oxygen atoms in total. The Balaban J connectivity index is 2.04. The van der Waals surface area contributed by atoms with E-state index >= 15 is 0 Å². The summed E-state index contributed by atoms with van der Waals surface area (Å²) in [6.45, 7) is 5.79. The van der Waals surface area contributed by atoms with Crippen LogP contribution in [0.2, 0.25) is 0 Å². The van der Waals surface area contributed by atoms with E-state index in [9.17, 15) is 9.59 Å². The molecule has 0 aliphatic rings. The van der Waals surface area contributed by atoms with Gasteiger partial charge in [-0.1, -0.05) is 29.8 Å². The van der Waals surface area contributed by atoms with Crippen LogP contribution in [0.5, 0.6) is 5.75 Å². The molecule has 0 saturated carbocycles. The van der Waals surface area contributed by atoms with Gasteiger partial charge in [0.2, 0.25) is 0 Å². The van der Waals surface area contributed by atoms with Gasteiger partial charge in [-0.25, -0.2) is 0 Å². The number of hydrogen-bond donors (Lipinski definition) is 1. The van der Waals surface area contributed by atoms with Gasteiger partial charge in [-0.15, -0.1) is 0 Å². The first kappa shape index (κ1) is 15.8. The van der Waals surface area contributed by atoms with Gasteiger partial charge in [-0.05, 0) is 44.0 Å². The molecule has 114 valence electrons. The van der Waals surface area contributed by atoms with Gasteiger partial charge in [0.15, 0.2) is 12.9 Å². The minimum atomic E-state index is -0.254. The van der Waals surface area contributed by atoms with Gasteiger partial charge in [-0.2, -0.15) is 0 Å². The van der Waals surface area contributed by atoms with Crippen molar-refractivity contribution in [2.45, 2.75) is 20.8 Å². The first-order chi connectivity index (χ1) is 10.5. The number of rotatable bonds is 5. The molecule has 0 saturated heterocycles. The zero-order valence-electron chi connectivity index (χ0n) is 13.0. The Morgan fingerprint density at radius 2 is 1.77 bits per heavy atom. The minimum Gasteiger partial charge on any atom is -0.483 e. The van der Waals surface area contributed by atoms with E-state index in [0.717, 1.165) is 22.4 Å². The third-order valence-corrected chi connectivity index (χ3v) is 3.35. The number of nitrogens with one attached hydrogen (secondary N) is 1. The van der Waals surface area contributed by atoms with Gasteiger partial charge in [0.1, 0.15) is 5.75 Å². The summed E-state index contributed by atoms with van der Waals surface area (Å²) in [4.78, 5) is 23.0. The van der Waals surface area contributed by atoms with Crippen molar-refractivity contribution in [3.8, 4) is 5.75 Å². The van der Waals surface area contributed by atoms with Crippen molar-refractivity contribution in [2.75, 3.05) is 11.9 Å². The Morgan fingerprint density at radius 1 is 1.14 bits per heavy atom. The molecule has 0 aromatic heterocycles. The van der Waals surface area contributed by atoms with Crippen molar-refractivity contribution >= 4 is 17.9 Å². The number of aldehydes is 1. The molecule has 0 heterocycles. The zero-order valence-corrected chi connectivity index (χ0v) is 13.0. The maximum absolute atomic E-state index is 12.1. The van der Waals surface area contributed by atoms with Crippen LogP contribution in [0, 0.1) is 20.8 Å². The molecule has 1 amide bonds. The number of carbonyl (C=O) groups is 2. The fraction of sp³-hybridized carbons (Fsp3) is 0.222. The Hall–Kier alpha value is -2.62. The standard InChI is InChI=1S/C18H19NO3/c1-12-8-13(2)18(14(3)9-12)19-17(21)11-22-16-7-5-4-6-15(16)10-20/h4-10H,11H2,1-3H3,(H,19,21). The van der Waals surface area contributed by atoms with Crippen LogP contribution in [0.25, 0.3) is 0 Å². The number of benzene rings is 2. The molecule has 22 heavy (non-hydrogen) atoms. The highest BCUT2D eigenvalue weighted by atomic mass is 16.5. The van der Waals surface area contributed by atoms with E-state index in [0.29, 0.717) is 17.6 Å². The highest BCUT2D eigenvalue weighted by Crippen LogP contribution is 2.22. The largest absolute Gasteiger partial charge is 0.483 e. The van der Waals surface area contributed by atoms with Crippen LogP contribution < -0.4 is 10.1 Å². The minimum absolute atomic E-state index is 0.141. The summed E-state index contributed by atoms with van der Waals surface area (Å²) in [5, 5.41) is 2.86. The van der Waals surface area contributed by atoms with E-state index in [1.807, 2.05) is 32.9 Å². The number of ether oxygens (including phenoxy) is 1. The van der Waals surface area contributed by atoms with Crippen molar-refractivity contribution < 1.29 is 14.3 Å². The molecule has 0 radical (unpaired) electrons. The van der Waals surface area contributed by atoms with Crippen molar-refractivity contribution in [2.24, 2.45) is 0 Å². The third-order valence-electron chi connectivity index (χ3n) is 3.35. The Morgan fingerprint density at radius 3 is 2.41 bits per heavy atom. The van der Waals surface area contributed by atoms with Crippen LogP contribution in [-0.2, 0) is 4.79 Å². The summed E-state index contributed by atoms with van der Waals surface area (Å²) in [6, 6.07) is 10.9. The maximum Gasteiger partial charge on any atom is 0.262 e. The molecule has 2 aromatic rings. The first-order valence-corrected chi connectivity index (χ1v) is 7.06. The van der Waals surface area contributed by atoms with Gasteiger partial charge >= 0.3 is 0 Å². The van der Waals surface area contributed by atoms with Crippen molar-refractivity contribution in [3.05, 3.63) is 58.7 Å². The van der Waals surface area contributed by atoms with Gasteiger partial charge in [-0.3, -0.25) is 9.59 Å². The van der Waals surface area contributed by atoms with E-state index in [-0.39, 0.29) is 12.5 Å². The summed E-state index contributed by atoms with van der Waals surface area (Å²) < 4.78 is 5.42. The summed E-state index contributed by atoms with van der Waals surface area (Å²) in [7, 11) is 0. The number of aryl methyl sites for hydroxylation is 3. The Labute approximate surface area is 130 Å². The van der Waals surface area contributed by atoms with Crippen molar-refractivity contribution in [3.63, 3.8) is 0 Å². The molecule has 2 aromatic carbocycles. The lowest BCUT2D eigenvalue weighted by Gasteiger charge is -2.13. The lowest BCUT2D eigenvalue weighted by Crippen LogP contribution is -2.21. The number of carbonyl (C=O) groups excluding carboxylic acids is 2. The molecular formula is C18H19NO3. The van der Waals surface area contributed by atoms with Crippen molar-refractivity contribution in [1.29, 1.82) is 0 Å². The number of para-hydroxylation sites is 1. The van der Waals surface area contributed by atoms with E-state index in [2.05, 4.69) is 5.32 Å². The first-order valence-electron chi connectivity index (χ1n) is 7.06. The SMILES string of the molecule is Cc1cc(C)c(NC(=O)COc2ccccc2C=O)c(C)c1. The molecule has 4 heteroatoms. The van der Waals surface area contributed by atoms with E-state index < -0.39 is 0 Å². The molecular weight excluding hydrogens is 278 g/mol. The lowest BCUT2D eigenvalue weighted by molar-refractivity contribution is -0.118. The highest BCUT2D eigenvalue weighted by Gasteiger charge is 2.10. The molecule has 1 N–H and O–H groups in total. The Bertz CT molecular complexity index is 684. The second-order valence-corrected chi connectivity index (χ2v) is 5.27. The van der Waals surface area contributed by atoms with E-state index in [1.54, 1.807) is 24.3 Å². The average Bonchev–Trinajstić information content (AvgIpc) is 2.49. The monoisotopic (exact) mass is 297 g/mol. The zero-order chi connectivity index (χ0) is 16.1. The van der Waals surface area contributed by atoms with Crippen LogP contribution in [0.3, 0.4) is 0 Å². The van der Waals surface area contributed by atoms with Crippen LogP contribution in [0.1, 0.15) is 27.0 Å². The topological polar surface area (TPSA) is 55.4 Å². The molecule has 0 bridgehead atoms. The van der Waals surface area contributed by atoms with Crippen LogP contribution >= 0.6 is 0 Å². The quantitative estimate of drug-likeness (QED) is 0.860. The molecule has 0 aliphatic heterocycles. The highest BCUT2D eigenvalue weighted by molar-refractivity contribution is 5.93. The van der Waals surface area contributed by atoms with Crippen LogP contribution in [0.4, 0.5) is 5.69 Å². The van der Waals surface area contributed by atoms with Crippen LogP contribution in [0.15, 0.2) is 36.4 Å². The second-order valence-electron chi connectivity index (χ2n) is 5.27. The molecule has 0 atom stereocenters. The second kappa shape index (κ2) is 6.89. The smallest absolute Gasteiger partial charge is 0.262 e. The maximum atomic E-state index is 12.1. The normalized spacial score (nSPS) is 10.1. The number of hydrogen-bond acceptors (Lipinski definition) is 3. The van der Waals surface area contributed by atoms with Gasteiger partial charge in [0.25, 0.3) is 5.91 Å². The van der Waals surface area contributed by atoms with Crippen molar-refractivity contribution in [1.82, 2.24) is 0 Å². The fourth-order valence-electron chi connectivity index (χ4n) is 2.41. The van der Waals surface area contributed by atoms with Gasteiger partial charge in [0.05, 0.1) is 5.56 Å². The number of amides is 1. The summed E-state index contributed by atoms with van der Waals surface area (Å²) >= 11 is 0. The van der Waals surface area contributed by atoms with E-state index in [4.69, 9.17) is 4.74 Å². The van der Waals surface area contributed by atoms with Crippen LogP contribution in [-0.4, -0.2) is 18.8 Å². The average molecular weight is 297 g/mol. The summed E-state index contributed by atoms with van der Waals surface area (Å²) in [5.41, 5.74) is 4.42. The molecule has 0 fully saturated rings. The molecule has 0 spiro atoms. The predicted molar refractivity (Wildman–Crippen MR) is 86.6 cm³/mol. The van der Waals surface area contributed by atoms with Gasteiger partial charge < -0.3 is 10.1 Å². The van der Waals surface area contributed by atoms with E-state index in [1.165, 1.54) is 0 Å². The number of anilines is 1. The molecule has 0 aliphatic carbocycles. The third kappa shape index (κ3) is 3.73. The Kier molecular flexibility index (Phi) is 4.94. The predicted octanol–water partition coefficient (Wildman–Crippen LogP) is 3.44.